The zero-order valence-corrected chi connectivity index (χ0v) is 27.9. The third-order valence-electron chi connectivity index (χ3n) is 11.2. The van der Waals surface area contributed by atoms with Crippen LogP contribution >= 0.6 is 0 Å². The predicted octanol–water partition coefficient (Wildman–Crippen LogP) is 5.75. The van der Waals surface area contributed by atoms with E-state index in [0.29, 0.717) is 36.2 Å². The molecular weight excluding hydrogens is 586 g/mol. The molecule has 1 amide bonds. The zero-order chi connectivity index (χ0) is 32.4. The Bertz CT molecular complexity index is 1980. The summed E-state index contributed by atoms with van der Waals surface area (Å²) >= 11 is 0. The molecule has 5 atom stereocenters. The number of amides is 1. The van der Waals surface area contributed by atoms with Crippen molar-refractivity contribution < 1.29 is 9.53 Å². The van der Waals surface area contributed by atoms with E-state index in [9.17, 15) is 4.79 Å². The van der Waals surface area contributed by atoms with E-state index >= 15 is 0 Å². The molecule has 2 N–H and O–H groups in total. The first-order valence-corrected chi connectivity index (χ1v) is 17.2. The van der Waals surface area contributed by atoms with Crippen LogP contribution in [0.4, 0.5) is 0 Å². The summed E-state index contributed by atoms with van der Waals surface area (Å²) in [7, 11) is 3.93. The summed E-state index contributed by atoms with van der Waals surface area (Å²) in [6.45, 7) is 8.52. The molecule has 3 aromatic heterocycles. The number of carbonyl (C=O) groups is 1. The van der Waals surface area contributed by atoms with E-state index in [1.165, 1.54) is 17.5 Å². The Hall–Kier alpha value is -4.21. The van der Waals surface area contributed by atoms with Gasteiger partial charge in [0.2, 0.25) is 0 Å². The number of aryl methyl sites for hydroxylation is 1. The van der Waals surface area contributed by atoms with Gasteiger partial charge in [-0.1, -0.05) is 37.6 Å². The first-order chi connectivity index (χ1) is 22.8. The van der Waals surface area contributed by atoms with Crippen LogP contribution in [0.25, 0.3) is 33.6 Å². The topological polar surface area (TPSA) is 94.4 Å². The number of ether oxygens (including phenoxy) is 1. The minimum absolute atomic E-state index is 0.0332. The third-order valence-corrected chi connectivity index (χ3v) is 11.2. The lowest BCUT2D eigenvalue weighted by atomic mass is 9.85. The molecule has 0 aliphatic carbocycles. The van der Waals surface area contributed by atoms with Gasteiger partial charge in [-0.05, 0) is 80.1 Å². The van der Waals surface area contributed by atoms with Crippen LogP contribution in [0.1, 0.15) is 60.5 Å². The summed E-state index contributed by atoms with van der Waals surface area (Å²) in [5.41, 5.74) is 13.3. The highest BCUT2D eigenvalue weighted by molar-refractivity contribution is 6.00. The van der Waals surface area contributed by atoms with E-state index in [1.54, 1.807) is 7.11 Å². The molecule has 9 heteroatoms. The van der Waals surface area contributed by atoms with Gasteiger partial charge in [0, 0.05) is 67.9 Å². The van der Waals surface area contributed by atoms with Gasteiger partial charge in [0.05, 0.1) is 18.3 Å². The molecule has 0 radical (unpaired) electrons. The van der Waals surface area contributed by atoms with Crippen LogP contribution < -0.4 is 10.5 Å². The summed E-state index contributed by atoms with van der Waals surface area (Å²) in [6.07, 6.45) is 5.32. The maximum absolute atomic E-state index is 14.0. The highest BCUT2D eigenvalue weighted by Gasteiger charge is 2.38. The minimum Gasteiger partial charge on any atom is -0.494 e. The van der Waals surface area contributed by atoms with Crippen molar-refractivity contribution >= 4 is 28.0 Å². The number of rotatable bonds is 2. The number of likely N-dealkylation sites (tertiary alicyclic amines) is 2. The normalized spacial score (nSPS) is 25.0. The van der Waals surface area contributed by atoms with Crippen LogP contribution in [0.5, 0.6) is 5.75 Å². The third kappa shape index (κ3) is 5.11. The number of hydrogen-bond donors (Lipinski definition) is 1. The van der Waals surface area contributed by atoms with Crippen molar-refractivity contribution in [3.63, 3.8) is 0 Å². The highest BCUT2D eigenvalue weighted by atomic mass is 16.5. The Balaban J connectivity index is 1.32. The Morgan fingerprint density at radius 2 is 1.87 bits per heavy atom. The number of imidazole rings is 1. The molecule has 8 rings (SSSR count). The van der Waals surface area contributed by atoms with Crippen LogP contribution in [0, 0.1) is 11.8 Å². The quantitative estimate of drug-likeness (QED) is 0.267. The Morgan fingerprint density at radius 3 is 2.68 bits per heavy atom. The maximum atomic E-state index is 14.0. The molecule has 6 heterocycles. The smallest absolute Gasteiger partial charge is 0.254 e. The fourth-order valence-corrected chi connectivity index (χ4v) is 8.61. The Kier molecular flexibility index (Phi) is 7.56. The van der Waals surface area contributed by atoms with Crippen molar-refractivity contribution in [3.05, 3.63) is 77.5 Å². The first-order valence-electron chi connectivity index (χ1n) is 17.2. The van der Waals surface area contributed by atoms with Gasteiger partial charge in [-0.25, -0.2) is 9.97 Å². The number of hydrogen-bond acceptors (Lipinski definition) is 6. The van der Waals surface area contributed by atoms with Gasteiger partial charge < -0.3 is 29.4 Å². The summed E-state index contributed by atoms with van der Waals surface area (Å²) < 4.78 is 10.7. The monoisotopic (exact) mass is 631 g/mol. The second-order valence-electron chi connectivity index (χ2n) is 14.2. The lowest BCUT2D eigenvalue weighted by Crippen LogP contribution is -2.40. The molecule has 9 nitrogen and oxygen atoms in total. The van der Waals surface area contributed by atoms with Crippen LogP contribution in [0.15, 0.2) is 60.8 Å². The van der Waals surface area contributed by atoms with Gasteiger partial charge in [-0.15, -0.1) is 0 Å². The molecule has 47 heavy (non-hydrogen) atoms. The van der Waals surface area contributed by atoms with Gasteiger partial charge >= 0.3 is 0 Å². The summed E-state index contributed by atoms with van der Waals surface area (Å²) in [6, 6.07) is 19.2. The average molecular weight is 632 g/mol. The van der Waals surface area contributed by atoms with E-state index < -0.39 is 0 Å². The number of pyridine rings is 1. The van der Waals surface area contributed by atoms with E-state index in [4.69, 9.17) is 20.4 Å². The van der Waals surface area contributed by atoms with Crippen LogP contribution in [-0.2, 0) is 13.1 Å². The number of benzene rings is 2. The van der Waals surface area contributed by atoms with Crippen molar-refractivity contribution in [2.24, 2.45) is 17.6 Å². The molecule has 2 fully saturated rings. The molecule has 2 bridgehead atoms. The van der Waals surface area contributed by atoms with E-state index in [0.717, 1.165) is 66.1 Å². The molecule has 244 valence electrons. The Morgan fingerprint density at radius 1 is 1.00 bits per heavy atom. The van der Waals surface area contributed by atoms with Crippen molar-refractivity contribution in [1.82, 2.24) is 28.9 Å². The Labute approximate surface area is 276 Å². The number of methoxy groups -OCH3 is 1. The van der Waals surface area contributed by atoms with Crippen molar-refractivity contribution in [1.29, 1.82) is 0 Å². The molecule has 0 spiro atoms. The van der Waals surface area contributed by atoms with Gasteiger partial charge in [0.25, 0.3) is 5.91 Å². The molecule has 0 saturated carbocycles. The van der Waals surface area contributed by atoms with Gasteiger partial charge in [0.15, 0.2) is 5.82 Å². The highest BCUT2D eigenvalue weighted by Crippen LogP contribution is 2.39. The van der Waals surface area contributed by atoms with Gasteiger partial charge in [-0.2, -0.15) is 0 Å². The number of fused-ring (bicyclic) bond motifs is 11. The maximum Gasteiger partial charge on any atom is 0.254 e. The van der Waals surface area contributed by atoms with Crippen molar-refractivity contribution in [3.8, 4) is 17.3 Å². The van der Waals surface area contributed by atoms with Gasteiger partial charge in [0.1, 0.15) is 16.9 Å². The SMILES string of the molecule is COc1cc(C(=O)N2C[C@@H](C)[C@@H](N)[C@H]2C)cc2nc3n(c12)Cc1cccc(c1)[C@@H]1CN(C)C[C@@H]1CCCCn1c-3cc2cccnc21. The van der Waals surface area contributed by atoms with Gasteiger partial charge in [-0.3, -0.25) is 4.79 Å². The standard InChI is InChI=1S/C38H45N7O2/c1-23-19-44(24(2)34(23)39)38(46)29-16-31-35(33(18-29)47-4)45-20-25-9-7-11-26(15-25)30-22-42(3)21-28(30)10-5-6-14-43-32(37(45)41-31)17-27-12-8-13-40-36(27)43/h7-9,11-13,15-18,23-24,28,30,34H,5-6,10,14,19-22,39H2,1-4H3/t23-,24-,28+,30+,34-/m1/s1. The van der Waals surface area contributed by atoms with E-state index in [2.05, 4.69) is 64.4 Å². The first kappa shape index (κ1) is 30.1. The molecular formula is C38H45N7O2. The van der Waals surface area contributed by atoms with E-state index in [-0.39, 0.29) is 23.9 Å². The molecule has 5 aromatic rings. The summed E-state index contributed by atoms with van der Waals surface area (Å²) in [4.78, 5) is 28.5. The fraction of sp³-hybridized carbons (Fsp3) is 0.447. The number of likely N-dealkylation sites (N-methyl/N-ethyl adjacent to an activating group) is 1. The largest absolute Gasteiger partial charge is 0.494 e. The molecule has 2 saturated heterocycles. The minimum atomic E-state index is -0.0439. The number of aromatic nitrogens is 4. The molecule has 2 aromatic carbocycles. The van der Waals surface area contributed by atoms with Crippen LogP contribution in [0.2, 0.25) is 0 Å². The van der Waals surface area contributed by atoms with E-state index in [1.807, 2.05) is 36.2 Å². The summed E-state index contributed by atoms with van der Waals surface area (Å²) in [5.74, 6) is 2.88. The number of nitrogens with zero attached hydrogens (tertiary/aromatic N) is 6. The number of nitrogens with two attached hydrogens (primary N) is 1. The lowest BCUT2D eigenvalue weighted by molar-refractivity contribution is 0.0739. The lowest BCUT2D eigenvalue weighted by Gasteiger charge is -2.23. The molecule has 3 aliphatic heterocycles. The second kappa shape index (κ2) is 11.8. The second-order valence-corrected chi connectivity index (χ2v) is 14.2. The predicted molar refractivity (Wildman–Crippen MR) is 186 cm³/mol. The summed E-state index contributed by atoms with van der Waals surface area (Å²) in [5, 5.41) is 1.10. The fourth-order valence-electron chi connectivity index (χ4n) is 8.61. The van der Waals surface area contributed by atoms with Crippen molar-refractivity contribution in [2.75, 3.05) is 33.8 Å². The average Bonchev–Trinajstić information content (AvgIpc) is 3.81. The van der Waals surface area contributed by atoms with Crippen LogP contribution in [0.3, 0.4) is 0 Å². The van der Waals surface area contributed by atoms with Crippen LogP contribution in [-0.4, -0.2) is 80.7 Å². The molecule has 3 aliphatic rings. The van der Waals surface area contributed by atoms with Crippen molar-refractivity contribution in [2.45, 2.75) is 64.2 Å². The number of carbonyl (C=O) groups excluding carboxylic acids is 1. The molecule has 0 unspecified atom stereocenters. The zero-order valence-electron chi connectivity index (χ0n) is 27.9.